The topological polar surface area (TPSA) is 60.3 Å². The van der Waals surface area contributed by atoms with Gasteiger partial charge in [0.2, 0.25) is 5.91 Å². The Morgan fingerprint density at radius 2 is 1.89 bits per heavy atom. The van der Waals surface area contributed by atoms with E-state index >= 15 is 0 Å². The molecule has 2 fully saturated rings. The molecule has 2 heterocycles. The number of thioether (sulfide) groups is 1. The number of fused-ring (bicyclic) bond motifs is 6. The second-order valence-corrected chi connectivity index (χ2v) is 12.7. The van der Waals surface area contributed by atoms with Crippen molar-refractivity contribution in [3.05, 3.63) is 73.2 Å². The predicted molar refractivity (Wildman–Crippen MR) is 142 cm³/mol. The highest BCUT2D eigenvalue weighted by Crippen LogP contribution is 2.64. The average molecular weight is 581 g/mol. The molecule has 2 saturated carbocycles. The predicted octanol–water partition coefficient (Wildman–Crippen LogP) is 6.88. The molecule has 1 amide bonds. The molecule has 0 spiro atoms. The second-order valence-electron chi connectivity index (χ2n) is 10.1. The number of amides is 1. The number of ether oxygens (including phenoxy) is 1. The van der Waals surface area contributed by atoms with Crippen molar-refractivity contribution in [2.45, 2.75) is 48.2 Å². The molecule has 0 unspecified atom stereocenters. The molecule has 0 radical (unpaired) electrons. The molecular formula is C27H24ClF3N2O3S2. The van der Waals surface area contributed by atoms with Crippen LogP contribution in [0, 0.1) is 17.8 Å². The maximum Gasteiger partial charge on any atom is 0.416 e. The van der Waals surface area contributed by atoms with Gasteiger partial charge in [-0.3, -0.25) is 14.2 Å². The molecule has 2 bridgehead atoms. The van der Waals surface area contributed by atoms with Gasteiger partial charge in [0.05, 0.1) is 28.4 Å². The summed E-state index contributed by atoms with van der Waals surface area (Å²) >= 11 is 8.92. The van der Waals surface area contributed by atoms with Crippen LogP contribution in [0.1, 0.15) is 41.2 Å². The Hall–Kier alpha value is -2.43. The van der Waals surface area contributed by atoms with Crippen LogP contribution in [-0.2, 0) is 17.5 Å². The number of nitrogens with zero attached hydrogens (tertiary/aromatic N) is 1. The molecule has 2 aliphatic carbocycles. The number of alkyl halides is 3. The van der Waals surface area contributed by atoms with Crippen molar-refractivity contribution in [1.29, 1.82) is 0 Å². The zero-order valence-electron chi connectivity index (χ0n) is 20.3. The molecule has 200 valence electrons. The number of aromatic nitrogens is 1. The van der Waals surface area contributed by atoms with Crippen molar-refractivity contribution in [3.8, 4) is 5.75 Å². The first kappa shape index (κ1) is 25.8. The standard InChI is InChI=1S/C27H24ClF3N2O3S2/c1-36-17-7-4-13(5-8-17)21-22-14-2-3-15(10-14)23(22)37-25-24(21)38-26(35)33(25)12-20(34)32-19-11-16(27(29,30)31)6-9-18(19)28/h4-9,11,14-15,21-23H,2-3,10,12H2,1H3,(H,32,34)/t14-,15-,21-,22-,23+/m0/s1. The van der Waals surface area contributed by atoms with Crippen LogP contribution in [0.5, 0.6) is 5.75 Å². The van der Waals surface area contributed by atoms with Gasteiger partial charge in [-0.05, 0) is 72.9 Å². The Morgan fingerprint density at radius 3 is 2.61 bits per heavy atom. The van der Waals surface area contributed by atoms with E-state index < -0.39 is 17.6 Å². The lowest BCUT2D eigenvalue weighted by atomic mass is 9.75. The first-order valence-corrected chi connectivity index (χ1v) is 14.4. The molecular weight excluding hydrogens is 557 g/mol. The van der Waals surface area contributed by atoms with Crippen molar-refractivity contribution in [1.82, 2.24) is 4.57 Å². The van der Waals surface area contributed by atoms with Crippen molar-refractivity contribution >= 4 is 46.3 Å². The third-order valence-corrected chi connectivity index (χ3v) is 11.2. The number of hydrogen-bond acceptors (Lipinski definition) is 5. The minimum Gasteiger partial charge on any atom is -0.497 e. The van der Waals surface area contributed by atoms with Crippen molar-refractivity contribution in [2.75, 3.05) is 12.4 Å². The first-order valence-electron chi connectivity index (χ1n) is 12.3. The fourth-order valence-corrected chi connectivity index (χ4v) is 9.72. The largest absolute Gasteiger partial charge is 0.497 e. The van der Waals surface area contributed by atoms with Gasteiger partial charge >= 0.3 is 11.0 Å². The van der Waals surface area contributed by atoms with E-state index in [-0.39, 0.29) is 28.0 Å². The van der Waals surface area contributed by atoms with E-state index in [4.69, 9.17) is 16.3 Å². The smallest absolute Gasteiger partial charge is 0.416 e. The molecule has 0 saturated heterocycles. The lowest BCUT2D eigenvalue weighted by Crippen LogP contribution is -2.34. The number of halogens is 4. The van der Waals surface area contributed by atoms with Gasteiger partial charge in [0, 0.05) is 16.0 Å². The van der Waals surface area contributed by atoms with Crippen LogP contribution in [-0.4, -0.2) is 22.8 Å². The fraction of sp³-hybridized carbons (Fsp3) is 0.407. The Morgan fingerprint density at radius 1 is 1.16 bits per heavy atom. The highest BCUT2D eigenvalue weighted by Gasteiger charge is 2.55. The third-order valence-electron chi connectivity index (χ3n) is 8.04. The van der Waals surface area contributed by atoms with Crippen LogP contribution < -0.4 is 14.9 Å². The molecule has 3 aliphatic rings. The Balaban J connectivity index is 1.33. The molecule has 2 aromatic carbocycles. The van der Waals surface area contributed by atoms with Crippen LogP contribution in [0.4, 0.5) is 18.9 Å². The Labute approximate surface area is 230 Å². The van der Waals surface area contributed by atoms with E-state index in [1.165, 1.54) is 23.8 Å². The number of rotatable bonds is 5. The van der Waals surface area contributed by atoms with Crippen molar-refractivity contribution in [2.24, 2.45) is 17.8 Å². The Bertz CT molecular complexity index is 1450. The molecule has 11 heteroatoms. The summed E-state index contributed by atoms with van der Waals surface area (Å²) in [6.07, 6.45) is -1.02. The number of hydrogen-bond donors (Lipinski definition) is 1. The van der Waals surface area contributed by atoms with Gasteiger partial charge in [0.25, 0.3) is 0 Å². The van der Waals surface area contributed by atoms with E-state index in [9.17, 15) is 22.8 Å². The highest BCUT2D eigenvalue weighted by atomic mass is 35.5. The maximum atomic E-state index is 13.2. The minimum absolute atomic E-state index is 0.00943. The molecule has 38 heavy (non-hydrogen) atoms. The summed E-state index contributed by atoms with van der Waals surface area (Å²) in [7, 11) is 1.62. The summed E-state index contributed by atoms with van der Waals surface area (Å²) in [4.78, 5) is 26.9. The van der Waals surface area contributed by atoms with Gasteiger partial charge in [-0.15, -0.1) is 11.8 Å². The van der Waals surface area contributed by atoms with Gasteiger partial charge in [0.1, 0.15) is 12.3 Å². The number of nitrogens with one attached hydrogen (secondary N) is 1. The van der Waals surface area contributed by atoms with Crippen LogP contribution in [0.15, 0.2) is 52.3 Å². The normalized spacial score (nSPS) is 25.7. The van der Waals surface area contributed by atoms with Gasteiger partial charge < -0.3 is 10.1 Å². The molecule has 3 aromatic rings. The lowest BCUT2D eigenvalue weighted by molar-refractivity contribution is -0.137. The molecule has 1 N–H and O–H groups in total. The number of benzene rings is 2. The summed E-state index contributed by atoms with van der Waals surface area (Å²) < 4.78 is 46.3. The number of thiazole rings is 1. The summed E-state index contributed by atoms with van der Waals surface area (Å²) in [5.74, 6) is 1.81. The van der Waals surface area contributed by atoms with Crippen LogP contribution in [0.3, 0.4) is 0 Å². The zero-order valence-corrected chi connectivity index (χ0v) is 22.6. The second kappa shape index (κ2) is 9.64. The van der Waals surface area contributed by atoms with Gasteiger partial charge in [-0.2, -0.15) is 13.2 Å². The van der Waals surface area contributed by atoms with Crippen molar-refractivity contribution < 1.29 is 22.7 Å². The molecule has 5 nitrogen and oxygen atoms in total. The SMILES string of the molecule is COc1ccc([C@@H]2c3sc(=O)n(CC(=O)Nc4cc(C(F)(F)F)ccc4Cl)c3S[C@@H]3[C@H]4CC[C@@H](C4)[C@@H]23)cc1. The van der Waals surface area contributed by atoms with Crippen molar-refractivity contribution in [3.63, 3.8) is 0 Å². The highest BCUT2D eigenvalue weighted by molar-refractivity contribution is 8.00. The summed E-state index contributed by atoms with van der Waals surface area (Å²) in [5, 5.41) is 3.61. The summed E-state index contributed by atoms with van der Waals surface area (Å²) in [6.45, 7) is -0.301. The number of methoxy groups -OCH3 is 1. The lowest BCUT2D eigenvalue weighted by Gasteiger charge is -2.40. The zero-order chi connectivity index (χ0) is 26.8. The number of anilines is 1. The maximum absolute atomic E-state index is 13.2. The summed E-state index contributed by atoms with van der Waals surface area (Å²) in [6, 6.07) is 10.8. The minimum atomic E-state index is -4.57. The van der Waals surface area contributed by atoms with E-state index in [2.05, 4.69) is 17.4 Å². The number of carbonyl (C=O) groups excluding carboxylic acids is 1. The molecule has 5 atom stereocenters. The van der Waals surface area contributed by atoms with Crippen LogP contribution in [0.25, 0.3) is 0 Å². The Kier molecular flexibility index (Phi) is 6.55. The molecule has 1 aromatic heterocycles. The average Bonchev–Trinajstić information content (AvgIpc) is 3.58. The van der Waals surface area contributed by atoms with E-state index in [0.29, 0.717) is 23.0 Å². The third kappa shape index (κ3) is 4.44. The monoisotopic (exact) mass is 580 g/mol. The quantitative estimate of drug-likeness (QED) is 0.357. The van der Waals surface area contributed by atoms with Crippen LogP contribution in [0.2, 0.25) is 5.02 Å². The van der Waals surface area contributed by atoms with E-state index in [0.717, 1.165) is 50.8 Å². The number of carbonyl (C=O) groups is 1. The van der Waals surface area contributed by atoms with Gasteiger partial charge in [-0.1, -0.05) is 35.1 Å². The fourth-order valence-electron chi connectivity index (χ4n) is 6.40. The molecule has 1 aliphatic heterocycles. The first-order chi connectivity index (χ1) is 18.1. The summed E-state index contributed by atoms with van der Waals surface area (Å²) in [5.41, 5.74) is 0.0755. The van der Waals surface area contributed by atoms with Gasteiger partial charge in [-0.25, -0.2) is 0 Å². The van der Waals surface area contributed by atoms with E-state index in [1.807, 2.05) is 12.1 Å². The van der Waals surface area contributed by atoms with Gasteiger partial charge in [0.15, 0.2) is 0 Å². The van der Waals surface area contributed by atoms with E-state index in [1.54, 1.807) is 18.9 Å². The molecule has 6 rings (SSSR count). The van der Waals surface area contributed by atoms with Crippen LogP contribution >= 0.6 is 34.7 Å².